The van der Waals surface area contributed by atoms with Crippen molar-refractivity contribution in [3.8, 4) is 0 Å². The summed E-state index contributed by atoms with van der Waals surface area (Å²) in [5, 5.41) is 3.17. The largest absolute Gasteiger partial charge is 0.366 e. The highest BCUT2D eigenvalue weighted by Gasteiger charge is 2.09. The average Bonchev–Trinajstić information content (AvgIpc) is 2.34. The number of halogens is 1. The van der Waals surface area contributed by atoms with Crippen LogP contribution in [0, 0.1) is 6.92 Å². The van der Waals surface area contributed by atoms with E-state index in [0.29, 0.717) is 17.1 Å². The predicted molar refractivity (Wildman–Crippen MR) is 70.0 cm³/mol. The number of anilines is 2. The second-order valence-electron chi connectivity index (χ2n) is 3.71. The number of rotatable bonds is 3. The molecule has 5 nitrogen and oxygen atoms in total. The van der Waals surface area contributed by atoms with Crippen molar-refractivity contribution in [1.29, 1.82) is 0 Å². The Morgan fingerprint density at radius 2 is 2.11 bits per heavy atom. The zero-order valence-corrected chi connectivity index (χ0v) is 10.4. The molecule has 3 N–H and O–H groups in total. The standard InChI is InChI=1S/C12H11ClN4O/c1-7-6-15-12(13)17-11(7)16-9-5-3-2-4-8(9)10(14)18/h2-6H,1H3,(H2,14,18)(H,15,16,17). The second-order valence-corrected chi connectivity index (χ2v) is 4.04. The van der Waals surface area contributed by atoms with Crippen LogP contribution >= 0.6 is 11.6 Å². The highest BCUT2D eigenvalue weighted by atomic mass is 35.5. The van der Waals surface area contributed by atoms with Gasteiger partial charge in [0, 0.05) is 11.8 Å². The molecule has 1 aromatic heterocycles. The Labute approximate surface area is 109 Å². The Hall–Kier alpha value is -2.14. The van der Waals surface area contributed by atoms with Gasteiger partial charge in [0.05, 0.1) is 11.3 Å². The first kappa shape index (κ1) is 12.3. The minimum Gasteiger partial charge on any atom is -0.366 e. The Morgan fingerprint density at radius 3 is 2.83 bits per heavy atom. The zero-order chi connectivity index (χ0) is 13.1. The van der Waals surface area contributed by atoms with Gasteiger partial charge in [-0.25, -0.2) is 9.97 Å². The smallest absolute Gasteiger partial charge is 0.250 e. The van der Waals surface area contributed by atoms with Crippen LogP contribution in [0.1, 0.15) is 15.9 Å². The van der Waals surface area contributed by atoms with E-state index < -0.39 is 5.91 Å². The molecule has 2 rings (SSSR count). The van der Waals surface area contributed by atoms with Gasteiger partial charge in [0.2, 0.25) is 5.28 Å². The van der Waals surface area contributed by atoms with Crippen LogP contribution in [0.4, 0.5) is 11.5 Å². The van der Waals surface area contributed by atoms with Crippen molar-refractivity contribution in [3.63, 3.8) is 0 Å². The van der Waals surface area contributed by atoms with Crippen molar-refractivity contribution in [2.45, 2.75) is 6.92 Å². The molecule has 0 radical (unpaired) electrons. The molecular weight excluding hydrogens is 252 g/mol. The highest BCUT2D eigenvalue weighted by molar-refractivity contribution is 6.28. The van der Waals surface area contributed by atoms with E-state index in [1.165, 1.54) is 0 Å². The van der Waals surface area contributed by atoms with Gasteiger partial charge in [0.25, 0.3) is 5.91 Å². The van der Waals surface area contributed by atoms with E-state index in [4.69, 9.17) is 17.3 Å². The summed E-state index contributed by atoms with van der Waals surface area (Å²) >= 11 is 5.73. The number of para-hydroxylation sites is 1. The van der Waals surface area contributed by atoms with Crippen LogP contribution in [0.3, 0.4) is 0 Å². The van der Waals surface area contributed by atoms with Crippen molar-refractivity contribution < 1.29 is 4.79 Å². The lowest BCUT2D eigenvalue weighted by Crippen LogP contribution is -2.13. The Balaban J connectivity index is 2.40. The molecule has 0 atom stereocenters. The molecule has 2 aromatic rings. The number of hydrogen-bond acceptors (Lipinski definition) is 4. The summed E-state index contributed by atoms with van der Waals surface area (Å²) in [6.07, 6.45) is 1.60. The first-order valence-electron chi connectivity index (χ1n) is 5.23. The van der Waals surface area contributed by atoms with Gasteiger partial charge >= 0.3 is 0 Å². The molecule has 0 unspecified atom stereocenters. The lowest BCUT2D eigenvalue weighted by Gasteiger charge is -2.10. The second kappa shape index (κ2) is 5.01. The van der Waals surface area contributed by atoms with E-state index >= 15 is 0 Å². The maximum Gasteiger partial charge on any atom is 0.250 e. The third-order valence-electron chi connectivity index (χ3n) is 2.39. The van der Waals surface area contributed by atoms with Gasteiger partial charge in [0.15, 0.2) is 0 Å². The third-order valence-corrected chi connectivity index (χ3v) is 2.57. The molecular formula is C12H11ClN4O. The Kier molecular flexibility index (Phi) is 3.43. The van der Waals surface area contributed by atoms with Gasteiger partial charge in [-0.1, -0.05) is 12.1 Å². The van der Waals surface area contributed by atoms with Crippen molar-refractivity contribution in [2.75, 3.05) is 5.32 Å². The summed E-state index contributed by atoms with van der Waals surface area (Å²) in [5.41, 5.74) is 7.10. The fourth-order valence-electron chi connectivity index (χ4n) is 1.48. The van der Waals surface area contributed by atoms with Crippen LogP contribution in [0.5, 0.6) is 0 Å². The van der Waals surface area contributed by atoms with Crippen LogP contribution in [0.25, 0.3) is 0 Å². The zero-order valence-electron chi connectivity index (χ0n) is 9.64. The number of amides is 1. The van der Waals surface area contributed by atoms with E-state index in [-0.39, 0.29) is 5.28 Å². The number of aromatic nitrogens is 2. The number of nitrogens with one attached hydrogen (secondary N) is 1. The van der Waals surface area contributed by atoms with E-state index in [0.717, 1.165) is 5.56 Å². The molecule has 0 saturated heterocycles. The predicted octanol–water partition coefficient (Wildman–Crippen LogP) is 2.28. The van der Waals surface area contributed by atoms with Gasteiger partial charge in [0.1, 0.15) is 5.82 Å². The van der Waals surface area contributed by atoms with Crippen molar-refractivity contribution in [1.82, 2.24) is 9.97 Å². The normalized spacial score (nSPS) is 10.1. The molecule has 0 aliphatic heterocycles. The van der Waals surface area contributed by atoms with E-state index in [1.54, 1.807) is 30.5 Å². The first-order valence-corrected chi connectivity index (χ1v) is 5.60. The molecule has 0 spiro atoms. The third kappa shape index (κ3) is 2.57. The number of primary amides is 1. The molecule has 18 heavy (non-hydrogen) atoms. The van der Waals surface area contributed by atoms with Gasteiger partial charge < -0.3 is 11.1 Å². The molecule has 1 aromatic carbocycles. The molecule has 92 valence electrons. The van der Waals surface area contributed by atoms with Gasteiger partial charge in [-0.05, 0) is 30.7 Å². The molecule has 1 heterocycles. The molecule has 0 saturated carbocycles. The van der Waals surface area contributed by atoms with Crippen LogP contribution in [-0.2, 0) is 0 Å². The number of nitrogens with two attached hydrogens (primary N) is 1. The topological polar surface area (TPSA) is 80.9 Å². The number of hydrogen-bond donors (Lipinski definition) is 2. The fourth-order valence-corrected chi connectivity index (χ4v) is 1.61. The van der Waals surface area contributed by atoms with Gasteiger partial charge in [-0.2, -0.15) is 0 Å². The highest BCUT2D eigenvalue weighted by Crippen LogP contribution is 2.22. The molecule has 0 aliphatic carbocycles. The van der Waals surface area contributed by atoms with Crippen LogP contribution < -0.4 is 11.1 Å². The summed E-state index contributed by atoms with van der Waals surface area (Å²) in [7, 11) is 0. The van der Waals surface area contributed by atoms with Crippen molar-refractivity contribution in [2.24, 2.45) is 5.73 Å². The minimum atomic E-state index is -0.504. The number of benzene rings is 1. The summed E-state index contributed by atoms with van der Waals surface area (Å²) in [5.74, 6) is 0.0413. The Bertz CT molecular complexity index is 600. The summed E-state index contributed by atoms with van der Waals surface area (Å²) in [6, 6.07) is 6.93. The van der Waals surface area contributed by atoms with Crippen LogP contribution in [0.15, 0.2) is 30.5 Å². The Morgan fingerprint density at radius 1 is 1.39 bits per heavy atom. The summed E-state index contributed by atoms with van der Waals surface area (Å²) in [6.45, 7) is 1.84. The maximum absolute atomic E-state index is 11.3. The summed E-state index contributed by atoms with van der Waals surface area (Å²) < 4.78 is 0. The minimum absolute atomic E-state index is 0.139. The number of nitrogens with zero attached hydrogens (tertiary/aromatic N) is 2. The SMILES string of the molecule is Cc1cnc(Cl)nc1Nc1ccccc1C(N)=O. The maximum atomic E-state index is 11.3. The quantitative estimate of drug-likeness (QED) is 0.832. The fraction of sp³-hybridized carbons (Fsp3) is 0.0833. The molecule has 6 heteroatoms. The first-order chi connectivity index (χ1) is 8.58. The summed E-state index contributed by atoms with van der Waals surface area (Å²) in [4.78, 5) is 19.2. The molecule has 1 amide bonds. The van der Waals surface area contributed by atoms with Crippen molar-refractivity contribution >= 4 is 29.0 Å². The lowest BCUT2D eigenvalue weighted by molar-refractivity contribution is 0.100. The van der Waals surface area contributed by atoms with Crippen molar-refractivity contribution in [3.05, 3.63) is 46.9 Å². The van der Waals surface area contributed by atoms with Crippen LogP contribution in [-0.4, -0.2) is 15.9 Å². The van der Waals surface area contributed by atoms with Crippen LogP contribution in [0.2, 0.25) is 5.28 Å². The van der Waals surface area contributed by atoms with E-state index in [9.17, 15) is 4.79 Å². The molecule has 0 bridgehead atoms. The molecule has 0 fully saturated rings. The van der Waals surface area contributed by atoms with Gasteiger partial charge in [-0.3, -0.25) is 4.79 Å². The number of aryl methyl sites for hydroxylation is 1. The van der Waals surface area contributed by atoms with E-state index in [2.05, 4.69) is 15.3 Å². The lowest BCUT2D eigenvalue weighted by atomic mass is 10.1. The average molecular weight is 263 g/mol. The molecule has 0 aliphatic rings. The van der Waals surface area contributed by atoms with E-state index in [1.807, 2.05) is 6.92 Å². The monoisotopic (exact) mass is 262 g/mol. The number of carbonyl (C=O) groups is 1. The number of carbonyl (C=O) groups excluding carboxylic acids is 1. The van der Waals surface area contributed by atoms with Gasteiger partial charge in [-0.15, -0.1) is 0 Å².